The molecule has 39 heavy (non-hydrogen) atoms. The van der Waals surface area contributed by atoms with E-state index in [1.165, 1.54) is 89.2 Å². The second-order valence-electron chi connectivity index (χ2n) is 12.7. The molecule has 0 aromatic heterocycles. The largest absolute Gasteiger partial charge is 0.439 e. The van der Waals surface area contributed by atoms with Crippen LogP contribution in [0.15, 0.2) is 24.3 Å². The van der Waals surface area contributed by atoms with Crippen LogP contribution in [0.25, 0.3) is 0 Å². The predicted molar refractivity (Wildman–Crippen MR) is 143 cm³/mol. The Kier molecular flexibility index (Phi) is 10.6. The maximum absolute atomic E-state index is 13.6. The molecule has 1 aromatic rings. The summed E-state index contributed by atoms with van der Waals surface area (Å²) < 4.78 is 81.3. The molecule has 222 valence electrons. The van der Waals surface area contributed by atoms with Gasteiger partial charge in [-0.05, 0) is 117 Å². The van der Waals surface area contributed by atoms with Gasteiger partial charge in [-0.25, -0.2) is 4.39 Å². The average molecular weight is 561 g/mol. The van der Waals surface area contributed by atoms with Crippen molar-refractivity contribution < 1.29 is 31.1 Å². The second kappa shape index (κ2) is 13.5. The maximum Gasteiger partial charge on any atom is 0.439 e. The molecule has 3 aliphatic rings. The van der Waals surface area contributed by atoms with Gasteiger partial charge in [0.15, 0.2) is 0 Å². The number of alkyl halides is 6. The summed E-state index contributed by atoms with van der Waals surface area (Å²) in [4.78, 5) is 0. The van der Waals surface area contributed by atoms with Gasteiger partial charge in [0, 0.05) is 0 Å². The predicted octanol–water partition coefficient (Wildman–Crippen LogP) is 11.0. The Morgan fingerprint density at radius 1 is 0.692 bits per heavy atom. The summed E-state index contributed by atoms with van der Waals surface area (Å²) in [6.45, 7) is 2.28. The first kappa shape index (κ1) is 30.6. The van der Waals surface area contributed by atoms with Crippen LogP contribution >= 0.6 is 0 Å². The lowest BCUT2D eigenvalue weighted by molar-refractivity contribution is -0.304. The van der Waals surface area contributed by atoms with Crippen molar-refractivity contribution in [3.05, 3.63) is 29.8 Å². The Morgan fingerprint density at radius 3 is 1.62 bits per heavy atom. The van der Waals surface area contributed by atoms with Crippen LogP contribution in [-0.2, 0) is 0 Å². The summed E-state index contributed by atoms with van der Waals surface area (Å²) in [7, 11) is 0. The van der Waals surface area contributed by atoms with Crippen molar-refractivity contribution >= 4 is 0 Å². The lowest BCUT2D eigenvalue weighted by Crippen LogP contribution is -2.45. The molecule has 0 amide bonds. The van der Waals surface area contributed by atoms with E-state index in [-0.39, 0.29) is 0 Å². The van der Waals surface area contributed by atoms with Gasteiger partial charge in [-0.2, -0.15) is 22.0 Å². The van der Waals surface area contributed by atoms with Crippen LogP contribution in [0.2, 0.25) is 0 Å². The highest BCUT2D eigenvalue weighted by atomic mass is 19.4. The summed E-state index contributed by atoms with van der Waals surface area (Å²) in [5.41, 5.74) is 0.978. The first-order chi connectivity index (χ1) is 18.6. The minimum Gasteiger partial charge on any atom is -0.430 e. The number of halogens is 6. The van der Waals surface area contributed by atoms with Crippen molar-refractivity contribution in [3.63, 3.8) is 0 Å². The standard InChI is InChI=1S/C32H46F6O/c1-2-3-4-5-22-6-8-23(9-7-22)24-10-12-25(13-11-24)26-14-16-27(17-15-26)28-18-20-29(21-19-28)39-32(37,38)30(33)31(34,35)36/h18-27,30H,2-17H2,1H3. The van der Waals surface area contributed by atoms with Gasteiger partial charge >= 0.3 is 12.3 Å². The third-order valence-electron chi connectivity index (χ3n) is 10.2. The first-order valence-corrected chi connectivity index (χ1v) is 15.4. The van der Waals surface area contributed by atoms with E-state index in [4.69, 9.17) is 0 Å². The number of unbranched alkanes of at least 4 members (excludes halogenated alkanes) is 2. The molecule has 1 aromatic carbocycles. The molecule has 3 fully saturated rings. The van der Waals surface area contributed by atoms with Gasteiger partial charge in [0.1, 0.15) is 5.75 Å². The number of benzene rings is 1. The van der Waals surface area contributed by atoms with Crippen molar-refractivity contribution in [3.8, 4) is 5.75 Å². The van der Waals surface area contributed by atoms with Gasteiger partial charge in [-0.1, -0.05) is 57.6 Å². The van der Waals surface area contributed by atoms with Gasteiger partial charge < -0.3 is 4.74 Å². The molecule has 1 atom stereocenters. The molecule has 1 unspecified atom stereocenters. The molecule has 0 spiro atoms. The van der Waals surface area contributed by atoms with Crippen molar-refractivity contribution in [2.24, 2.45) is 29.6 Å². The Hall–Kier alpha value is -1.40. The lowest BCUT2D eigenvalue weighted by Gasteiger charge is -2.41. The van der Waals surface area contributed by atoms with Gasteiger partial charge in [0.25, 0.3) is 6.17 Å². The molecular weight excluding hydrogens is 514 g/mol. The molecule has 1 nitrogen and oxygen atoms in total. The van der Waals surface area contributed by atoms with E-state index >= 15 is 0 Å². The Bertz CT molecular complexity index is 844. The normalized spacial score (nSPS) is 31.6. The topological polar surface area (TPSA) is 9.23 Å². The van der Waals surface area contributed by atoms with Gasteiger partial charge in [0.05, 0.1) is 0 Å². The van der Waals surface area contributed by atoms with Crippen molar-refractivity contribution in [1.29, 1.82) is 0 Å². The van der Waals surface area contributed by atoms with Crippen LogP contribution < -0.4 is 4.74 Å². The minimum atomic E-state index is -5.69. The highest BCUT2D eigenvalue weighted by molar-refractivity contribution is 5.30. The van der Waals surface area contributed by atoms with Gasteiger partial charge in [-0.3, -0.25) is 0 Å². The van der Waals surface area contributed by atoms with E-state index in [9.17, 15) is 26.3 Å². The first-order valence-electron chi connectivity index (χ1n) is 15.4. The van der Waals surface area contributed by atoms with Crippen LogP contribution in [0.3, 0.4) is 0 Å². The highest BCUT2D eigenvalue weighted by Gasteiger charge is 2.59. The molecule has 7 heteroatoms. The zero-order chi connectivity index (χ0) is 28.0. The van der Waals surface area contributed by atoms with Crippen molar-refractivity contribution in [2.75, 3.05) is 0 Å². The number of rotatable bonds is 10. The Labute approximate surface area is 230 Å². The summed E-state index contributed by atoms with van der Waals surface area (Å²) >= 11 is 0. The van der Waals surface area contributed by atoms with Crippen LogP contribution in [0.5, 0.6) is 5.75 Å². The third-order valence-corrected chi connectivity index (χ3v) is 10.2. The molecule has 0 bridgehead atoms. The molecular formula is C32H46F6O. The highest BCUT2D eigenvalue weighted by Crippen LogP contribution is 2.47. The molecule has 0 heterocycles. The lowest BCUT2D eigenvalue weighted by atomic mass is 9.64. The molecule has 4 rings (SSSR count). The van der Waals surface area contributed by atoms with E-state index in [1.807, 2.05) is 0 Å². The van der Waals surface area contributed by atoms with Crippen molar-refractivity contribution in [1.82, 2.24) is 0 Å². The number of ether oxygens (including phenoxy) is 1. The third kappa shape index (κ3) is 8.31. The van der Waals surface area contributed by atoms with Crippen LogP contribution in [-0.4, -0.2) is 18.5 Å². The average Bonchev–Trinajstić information content (AvgIpc) is 2.93. The van der Waals surface area contributed by atoms with Gasteiger partial charge in [-0.15, -0.1) is 0 Å². The van der Waals surface area contributed by atoms with Crippen molar-refractivity contribution in [2.45, 2.75) is 134 Å². The number of hydrogen-bond donors (Lipinski definition) is 0. The SMILES string of the molecule is CCCCCC1CCC(C2CCC(C3CCC(c4ccc(OC(F)(F)C(F)C(F)(F)F)cc4)CC3)CC2)CC1. The fourth-order valence-electron chi connectivity index (χ4n) is 7.85. The monoisotopic (exact) mass is 560 g/mol. The molecule has 0 saturated heterocycles. The molecule has 0 N–H and O–H groups in total. The second-order valence-corrected chi connectivity index (χ2v) is 12.7. The fraction of sp³-hybridized carbons (Fsp3) is 0.812. The Morgan fingerprint density at radius 2 is 1.15 bits per heavy atom. The molecule has 0 aliphatic heterocycles. The maximum atomic E-state index is 13.6. The summed E-state index contributed by atoms with van der Waals surface area (Å²) in [6, 6.07) is 5.69. The molecule has 0 radical (unpaired) electrons. The van der Waals surface area contributed by atoms with Crippen LogP contribution in [0, 0.1) is 29.6 Å². The van der Waals surface area contributed by atoms with E-state index in [0.717, 1.165) is 60.8 Å². The number of hydrogen-bond acceptors (Lipinski definition) is 1. The smallest absolute Gasteiger partial charge is 0.430 e. The van der Waals surface area contributed by atoms with Gasteiger partial charge in [0.2, 0.25) is 0 Å². The summed E-state index contributed by atoms with van der Waals surface area (Å²) in [6.07, 6.45) is 6.13. The summed E-state index contributed by atoms with van der Waals surface area (Å²) in [5.74, 6) is 4.25. The van der Waals surface area contributed by atoms with E-state index < -0.39 is 24.2 Å². The molecule has 3 aliphatic carbocycles. The van der Waals surface area contributed by atoms with E-state index in [2.05, 4.69) is 11.7 Å². The van der Waals surface area contributed by atoms with E-state index in [0.29, 0.717) is 5.92 Å². The van der Waals surface area contributed by atoms with Crippen LogP contribution in [0.4, 0.5) is 26.3 Å². The fourth-order valence-corrected chi connectivity index (χ4v) is 7.85. The van der Waals surface area contributed by atoms with Crippen LogP contribution in [0.1, 0.15) is 121 Å². The summed E-state index contributed by atoms with van der Waals surface area (Å²) in [5, 5.41) is 0. The molecule has 3 saturated carbocycles. The zero-order valence-electron chi connectivity index (χ0n) is 23.3. The zero-order valence-corrected chi connectivity index (χ0v) is 23.3. The van der Waals surface area contributed by atoms with E-state index in [1.54, 1.807) is 12.1 Å². The quantitative estimate of drug-likeness (QED) is 0.204. The Balaban J connectivity index is 1.17. The minimum absolute atomic E-state index is 0.309.